The van der Waals surface area contributed by atoms with Crippen molar-refractivity contribution in [2.75, 3.05) is 33.4 Å². The lowest BCUT2D eigenvalue weighted by Gasteiger charge is -2.44. The van der Waals surface area contributed by atoms with Crippen LogP contribution in [0.5, 0.6) is 0 Å². The number of ether oxygens (including phenoxy) is 1. The highest BCUT2D eigenvalue weighted by atomic mass is 16.5. The van der Waals surface area contributed by atoms with Gasteiger partial charge in [-0.15, -0.1) is 0 Å². The molecule has 1 aliphatic heterocycles. The van der Waals surface area contributed by atoms with Gasteiger partial charge in [-0.1, -0.05) is 37.3 Å². The van der Waals surface area contributed by atoms with Gasteiger partial charge in [0.05, 0.1) is 0 Å². The minimum atomic E-state index is 0.135. The molecule has 4 heteroatoms. The van der Waals surface area contributed by atoms with Crippen LogP contribution >= 0.6 is 0 Å². The number of carbonyl (C=O) groups excluding carboxylic acids is 1. The van der Waals surface area contributed by atoms with Crippen LogP contribution < -0.4 is 0 Å². The zero-order chi connectivity index (χ0) is 18.2. The van der Waals surface area contributed by atoms with Crippen molar-refractivity contribution in [3.63, 3.8) is 0 Å². The quantitative estimate of drug-likeness (QED) is 0.561. The highest BCUT2D eigenvalue weighted by Crippen LogP contribution is 2.20. The molecule has 4 nitrogen and oxygen atoms in total. The maximum atomic E-state index is 12.8. The molecule has 2 unspecified atom stereocenters. The van der Waals surface area contributed by atoms with E-state index in [2.05, 4.69) is 37.8 Å². The average molecular weight is 344 g/mol. The standard InChI is InChI=1S/C21H32N2O2/c1-5-19(20-10-7-6-8-11-20)14-21(24)22-15-17(2)23(18(3)16-22)12-9-13-25-4/h6-8,10-11,14,17-18H,5,9,12-13,15-16H2,1-4H3/b19-14+. The molecule has 1 heterocycles. The van der Waals surface area contributed by atoms with E-state index in [1.165, 1.54) is 0 Å². The first-order valence-corrected chi connectivity index (χ1v) is 9.36. The van der Waals surface area contributed by atoms with Crippen molar-refractivity contribution < 1.29 is 9.53 Å². The monoisotopic (exact) mass is 344 g/mol. The molecule has 1 aromatic carbocycles. The van der Waals surface area contributed by atoms with Crippen molar-refractivity contribution in [1.29, 1.82) is 0 Å². The summed E-state index contributed by atoms with van der Waals surface area (Å²) in [6, 6.07) is 10.9. The topological polar surface area (TPSA) is 32.8 Å². The molecular formula is C21H32N2O2. The summed E-state index contributed by atoms with van der Waals surface area (Å²) < 4.78 is 5.16. The second-order valence-electron chi connectivity index (χ2n) is 6.91. The van der Waals surface area contributed by atoms with E-state index < -0.39 is 0 Å². The Bertz CT molecular complexity index is 559. The van der Waals surface area contributed by atoms with E-state index >= 15 is 0 Å². The lowest BCUT2D eigenvalue weighted by atomic mass is 10.0. The summed E-state index contributed by atoms with van der Waals surface area (Å²) in [5.74, 6) is 0.135. The van der Waals surface area contributed by atoms with Crippen LogP contribution in [0.25, 0.3) is 5.57 Å². The molecule has 1 amide bonds. The Labute approximate surface area is 152 Å². The van der Waals surface area contributed by atoms with Crippen LogP contribution in [0, 0.1) is 0 Å². The number of hydrogen-bond acceptors (Lipinski definition) is 3. The molecule has 1 saturated heterocycles. The van der Waals surface area contributed by atoms with Crippen LogP contribution in [-0.4, -0.2) is 61.1 Å². The van der Waals surface area contributed by atoms with Gasteiger partial charge in [-0.25, -0.2) is 0 Å². The SMILES string of the molecule is CC/C(=C\C(=O)N1CC(C)N(CCCOC)C(C)C1)c1ccccc1. The molecule has 1 fully saturated rings. The van der Waals surface area contributed by atoms with Gasteiger partial charge in [0.15, 0.2) is 0 Å². The first-order valence-electron chi connectivity index (χ1n) is 9.36. The van der Waals surface area contributed by atoms with Crippen LogP contribution in [0.1, 0.15) is 39.2 Å². The Morgan fingerprint density at radius 2 is 1.84 bits per heavy atom. The highest BCUT2D eigenvalue weighted by molar-refractivity contribution is 5.95. The van der Waals surface area contributed by atoms with Crippen LogP contribution in [0.15, 0.2) is 36.4 Å². The van der Waals surface area contributed by atoms with Gasteiger partial charge in [-0.05, 0) is 37.8 Å². The zero-order valence-electron chi connectivity index (χ0n) is 16.1. The zero-order valence-corrected chi connectivity index (χ0v) is 16.1. The Morgan fingerprint density at radius 1 is 1.20 bits per heavy atom. The summed E-state index contributed by atoms with van der Waals surface area (Å²) in [5, 5.41) is 0. The molecule has 2 rings (SSSR count). The molecule has 0 saturated carbocycles. The van der Waals surface area contributed by atoms with Gasteiger partial charge in [0.2, 0.25) is 5.91 Å². The van der Waals surface area contributed by atoms with E-state index in [1.54, 1.807) is 7.11 Å². The van der Waals surface area contributed by atoms with Gasteiger partial charge in [0.25, 0.3) is 0 Å². The summed E-state index contributed by atoms with van der Waals surface area (Å²) in [7, 11) is 1.74. The van der Waals surface area contributed by atoms with Gasteiger partial charge < -0.3 is 9.64 Å². The third-order valence-electron chi connectivity index (χ3n) is 5.00. The average Bonchev–Trinajstić information content (AvgIpc) is 2.62. The van der Waals surface area contributed by atoms with E-state index in [4.69, 9.17) is 4.74 Å². The van der Waals surface area contributed by atoms with Crippen molar-refractivity contribution in [1.82, 2.24) is 9.80 Å². The molecule has 0 bridgehead atoms. The Balaban J connectivity index is 2.02. The van der Waals surface area contributed by atoms with E-state index in [1.807, 2.05) is 29.2 Å². The Kier molecular flexibility index (Phi) is 7.66. The molecular weight excluding hydrogens is 312 g/mol. The molecule has 138 valence electrons. The number of allylic oxidation sites excluding steroid dienone is 1. The number of amides is 1. The second-order valence-corrected chi connectivity index (χ2v) is 6.91. The van der Waals surface area contributed by atoms with Gasteiger partial charge in [0, 0.05) is 51.5 Å². The predicted octanol–water partition coefficient (Wildman–Crippen LogP) is 3.44. The molecule has 0 N–H and O–H groups in total. The summed E-state index contributed by atoms with van der Waals surface area (Å²) in [6.45, 7) is 9.92. The van der Waals surface area contributed by atoms with Crippen LogP contribution in [0.4, 0.5) is 0 Å². The number of nitrogens with zero attached hydrogens (tertiary/aromatic N) is 2. The molecule has 0 spiro atoms. The Hall–Kier alpha value is -1.65. The van der Waals surface area contributed by atoms with Gasteiger partial charge in [-0.2, -0.15) is 0 Å². The molecule has 1 aliphatic rings. The third kappa shape index (κ3) is 5.41. The van der Waals surface area contributed by atoms with Crippen LogP contribution in [0.3, 0.4) is 0 Å². The fourth-order valence-electron chi connectivity index (χ4n) is 3.65. The van der Waals surface area contributed by atoms with E-state index in [0.29, 0.717) is 12.1 Å². The van der Waals surface area contributed by atoms with Crippen molar-refractivity contribution in [2.24, 2.45) is 0 Å². The number of benzene rings is 1. The van der Waals surface area contributed by atoms with E-state index in [-0.39, 0.29) is 5.91 Å². The first-order chi connectivity index (χ1) is 12.1. The highest BCUT2D eigenvalue weighted by Gasteiger charge is 2.30. The summed E-state index contributed by atoms with van der Waals surface area (Å²) in [5.41, 5.74) is 2.24. The normalized spacial score (nSPS) is 22.2. The fraction of sp³-hybridized carbons (Fsp3) is 0.571. The van der Waals surface area contributed by atoms with Crippen molar-refractivity contribution in [2.45, 2.75) is 45.7 Å². The van der Waals surface area contributed by atoms with Crippen molar-refractivity contribution >= 4 is 11.5 Å². The predicted molar refractivity (Wildman–Crippen MR) is 103 cm³/mol. The maximum absolute atomic E-state index is 12.8. The molecule has 1 aromatic rings. The molecule has 25 heavy (non-hydrogen) atoms. The van der Waals surface area contributed by atoms with Crippen molar-refractivity contribution in [3.8, 4) is 0 Å². The van der Waals surface area contributed by atoms with Gasteiger partial charge in [-0.3, -0.25) is 9.69 Å². The molecule has 0 aliphatic carbocycles. The lowest BCUT2D eigenvalue weighted by Crippen LogP contribution is -2.58. The molecule has 2 atom stereocenters. The third-order valence-corrected chi connectivity index (χ3v) is 5.00. The number of carbonyl (C=O) groups is 1. The largest absolute Gasteiger partial charge is 0.385 e. The summed E-state index contributed by atoms with van der Waals surface area (Å²) in [6.07, 6.45) is 3.72. The minimum absolute atomic E-state index is 0.135. The summed E-state index contributed by atoms with van der Waals surface area (Å²) in [4.78, 5) is 17.3. The van der Waals surface area contributed by atoms with Crippen LogP contribution in [-0.2, 0) is 9.53 Å². The number of methoxy groups -OCH3 is 1. The molecule has 0 aromatic heterocycles. The smallest absolute Gasteiger partial charge is 0.246 e. The van der Waals surface area contributed by atoms with Crippen LogP contribution in [0.2, 0.25) is 0 Å². The van der Waals surface area contributed by atoms with E-state index in [9.17, 15) is 4.79 Å². The first kappa shape index (κ1) is 19.7. The van der Waals surface area contributed by atoms with Crippen molar-refractivity contribution in [3.05, 3.63) is 42.0 Å². The van der Waals surface area contributed by atoms with Gasteiger partial charge in [0.1, 0.15) is 0 Å². The molecule has 0 radical (unpaired) electrons. The fourth-order valence-corrected chi connectivity index (χ4v) is 3.65. The van der Waals surface area contributed by atoms with E-state index in [0.717, 1.165) is 50.2 Å². The second kappa shape index (κ2) is 9.73. The number of piperazine rings is 1. The number of hydrogen-bond donors (Lipinski definition) is 0. The van der Waals surface area contributed by atoms with Gasteiger partial charge >= 0.3 is 0 Å². The number of rotatable bonds is 7. The lowest BCUT2D eigenvalue weighted by molar-refractivity contribution is -0.130. The Morgan fingerprint density at radius 3 is 2.40 bits per heavy atom. The maximum Gasteiger partial charge on any atom is 0.246 e. The summed E-state index contributed by atoms with van der Waals surface area (Å²) >= 11 is 0. The minimum Gasteiger partial charge on any atom is -0.385 e.